The van der Waals surface area contributed by atoms with Crippen LogP contribution in [0.25, 0.3) is 0 Å². The molecular formula is C16H23F2NO. The van der Waals surface area contributed by atoms with E-state index in [1.165, 1.54) is 18.2 Å². The number of likely N-dealkylation sites (tertiary alicyclic amines) is 1. The Labute approximate surface area is 119 Å². The van der Waals surface area contributed by atoms with Crippen LogP contribution in [-0.2, 0) is 0 Å². The molecule has 4 heteroatoms. The van der Waals surface area contributed by atoms with E-state index in [4.69, 9.17) is 0 Å². The van der Waals surface area contributed by atoms with Gasteiger partial charge < -0.3 is 5.11 Å². The van der Waals surface area contributed by atoms with Crippen LogP contribution < -0.4 is 0 Å². The fraction of sp³-hybridized carbons (Fsp3) is 0.625. The number of rotatable bonds is 5. The third kappa shape index (κ3) is 2.47. The van der Waals surface area contributed by atoms with Gasteiger partial charge in [0.1, 0.15) is 17.7 Å². The Morgan fingerprint density at radius 1 is 1.15 bits per heavy atom. The van der Waals surface area contributed by atoms with Crippen molar-refractivity contribution in [3.05, 3.63) is 35.4 Å². The minimum absolute atomic E-state index is 0.192. The van der Waals surface area contributed by atoms with Gasteiger partial charge in [0.25, 0.3) is 0 Å². The summed E-state index contributed by atoms with van der Waals surface area (Å²) in [6.07, 6.45) is 2.34. The second kappa shape index (κ2) is 6.19. The zero-order valence-corrected chi connectivity index (χ0v) is 12.2. The molecule has 2 rings (SSSR count). The van der Waals surface area contributed by atoms with Gasteiger partial charge in [-0.15, -0.1) is 0 Å². The first-order valence-corrected chi connectivity index (χ1v) is 7.43. The number of benzene rings is 1. The Hall–Kier alpha value is -1.00. The molecule has 1 aromatic carbocycles. The van der Waals surface area contributed by atoms with Crippen LogP contribution in [0.4, 0.5) is 8.78 Å². The third-order valence-corrected chi connectivity index (χ3v) is 4.74. The molecule has 0 radical (unpaired) electrons. The van der Waals surface area contributed by atoms with E-state index in [1.807, 2.05) is 13.8 Å². The number of halogens is 2. The van der Waals surface area contributed by atoms with E-state index in [9.17, 15) is 13.9 Å². The summed E-state index contributed by atoms with van der Waals surface area (Å²) < 4.78 is 27.9. The van der Waals surface area contributed by atoms with Gasteiger partial charge in [0.05, 0.1) is 11.1 Å². The highest BCUT2D eigenvalue weighted by Gasteiger charge is 2.43. The number of hydrogen-bond donors (Lipinski definition) is 1. The molecule has 0 saturated carbocycles. The van der Waals surface area contributed by atoms with Crippen LogP contribution >= 0.6 is 0 Å². The van der Waals surface area contributed by atoms with Crippen LogP contribution in [0.5, 0.6) is 0 Å². The van der Waals surface area contributed by atoms with Crippen molar-refractivity contribution in [1.82, 2.24) is 4.90 Å². The molecular weight excluding hydrogens is 260 g/mol. The second-order valence-corrected chi connectivity index (χ2v) is 5.54. The second-order valence-electron chi connectivity index (χ2n) is 5.54. The van der Waals surface area contributed by atoms with Crippen LogP contribution in [0.3, 0.4) is 0 Å². The van der Waals surface area contributed by atoms with Crippen molar-refractivity contribution in [2.24, 2.45) is 0 Å². The lowest BCUT2D eigenvalue weighted by atomic mass is 9.81. The number of hydrogen-bond acceptors (Lipinski definition) is 2. The highest BCUT2D eigenvalue weighted by atomic mass is 19.1. The van der Waals surface area contributed by atoms with Crippen molar-refractivity contribution >= 4 is 0 Å². The maximum absolute atomic E-state index is 14.0. The van der Waals surface area contributed by atoms with Crippen LogP contribution in [-0.4, -0.2) is 28.6 Å². The molecule has 2 nitrogen and oxygen atoms in total. The highest BCUT2D eigenvalue weighted by Crippen LogP contribution is 2.40. The van der Waals surface area contributed by atoms with Gasteiger partial charge >= 0.3 is 0 Å². The molecule has 0 aromatic heterocycles. The molecule has 1 saturated heterocycles. The smallest absolute Gasteiger partial charge is 0.132 e. The van der Waals surface area contributed by atoms with Crippen LogP contribution in [0.1, 0.15) is 51.2 Å². The summed E-state index contributed by atoms with van der Waals surface area (Å²) in [5.74, 6) is -1.33. The third-order valence-electron chi connectivity index (χ3n) is 4.74. The largest absolute Gasteiger partial charge is 0.386 e. The van der Waals surface area contributed by atoms with Gasteiger partial charge in [-0.2, -0.15) is 0 Å². The molecule has 0 bridgehead atoms. The average molecular weight is 283 g/mol. The topological polar surface area (TPSA) is 23.5 Å². The van der Waals surface area contributed by atoms with Crippen LogP contribution in [0.2, 0.25) is 0 Å². The Kier molecular flexibility index (Phi) is 4.76. The first-order chi connectivity index (χ1) is 9.56. The summed E-state index contributed by atoms with van der Waals surface area (Å²) in [6.45, 7) is 5.72. The molecule has 1 heterocycles. The quantitative estimate of drug-likeness (QED) is 0.891. The summed E-state index contributed by atoms with van der Waals surface area (Å²) in [4.78, 5) is 2.20. The van der Waals surface area contributed by atoms with Gasteiger partial charge in [-0.1, -0.05) is 19.9 Å². The van der Waals surface area contributed by atoms with Gasteiger partial charge in [0, 0.05) is 0 Å². The highest BCUT2D eigenvalue weighted by molar-refractivity contribution is 5.25. The Balaban J connectivity index is 2.43. The minimum atomic E-state index is -1.14. The van der Waals surface area contributed by atoms with Crippen LogP contribution in [0.15, 0.2) is 18.2 Å². The molecule has 0 amide bonds. The van der Waals surface area contributed by atoms with Gasteiger partial charge in [0.2, 0.25) is 0 Å². The first-order valence-electron chi connectivity index (χ1n) is 7.43. The van der Waals surface area contributed by atoms with Gasteiger partial charge in [-0.3, -0.25) is 4.90 Å². The van der Waals surface area contributed by atoms with E-state index in [0.29, 0.717) is 12.8 Å². The molecule has 1 aliphatic heterocycles. The van der Waals surface area contributed by atoms with Crippen molar-refractivity contribution in [3.8, 4) is 0 Å². The summed E-state index contributed by atoms with van der Waals surface area (Å²) in [5, 5.41) is 10.7. The van der Waals surface area contributed by atoms with E-state index >= 15 is 0 Å². The fourth-order valence-corrected chi connectivity index (χ4v) is 3.46. The molecule has 112 valence electrons. The van der Waals surface area contributed by atoms with E-state index in [1.54, 1.807) is 0 Å². The van der Waals surface area contributed by atoms with Crippen molar-refractivity contribution in [1.29, 1.82) is 0 Å². The molecule has 20 heavy (non-hydrogen) atoms. The van der Waals surface area contributed by atoms with Gasteiger partial charge in [0.15, 0.2) is 0 Å². The lowest BCUT2D eigenvalue weighted by Gasteiger charge is -2.44. The standard InChI is InChI=1S/C16H23F2NO/c1-3-16(4-2,19-10-5-6-11-19)15(20)14-12(17)8-7-9-13(14)18/h7-9,15,20H,3-6,10-11H2,1-2H3. The molecule has 1 aromatic rings. The predicted octanol–water partition coefficient (Wildman–Crippen LogP) is 3.65. The summed E-state index contributed by atoms with van der Waals surface area (Å²) >= 11 is 0. The average Bonchev–Trinajstić information content (AvgIpc) is 2.95. The molecule has 0 aliphatic carbocycles. The van der Waals surface area contributed by atoms with Gasteiger partial charge in [-0.25, -0.2) is 8.78 Å². The maximum atomic E-state index is 14.0. The van der Waals surface area contributed by atoms with Crippen molar-refractivity contribution in [2.45, 2.75) is 51.2 Å². The molecule has 1 N–H and O–H groups in total. The summed E-state index contributed by atoms with van der Waals surface area (Å²) in [7, 11) is 0. The van der Waals surface area contributed by atoms with Gasteiger partial charge in [-0.05, 0) is 50.9 Å². The zero-order valence-electron chi connectivity index (χ0n) is 12.2. The molecule has 1 unspecified atom stereocenters. The number of nitrogens with zero attached hydrogens (tertiary/aromatic N) is 1. The van der Waals surface area contributed by atoms with Crippen LogP contribution in [0, 0.1) is 11.6 Å². The zero-order chi connectivity index (χ0) is 14.8. The van der Waals surface area contributed by atoms with E-state index < -0.39 is 23.3 Å². The molecule has 1 fully saturated rings. The normalized spacial score (nSPS) is 18.4. The minimum Gasteiger partial charge on any atom is -0.386 e. The van der Waals surface area contributed by atoms with Crippen molar-refractivity contribution in [2.75, 3.05) is 13.1 Å². The number of aliphatic hydroxyl groups is 1. The number of aliphatic hydroxyl groups excluding tert-OH is 1. The Morgan fingerprint density at radius 2 is 1.65 bits per heavy atom. The lowest BCUT2D eigenvalue weighted by molar-refractivity contribution is -0.0329. The Bertz CT molecular complexity index is 434. The van der Waals surface area contributed by atoms with E-state index in [0.717, 1.165) is 25.9 Å². The SMILES string of the molecule is CCC(CC)(C(O)c1c(F)cccc1F)N1CCCC1. The maximum Gasteiger partial charge on any atom is 0.132 e. The fourth-order valence-electron chi connectivity index (χ4n) is 3.46. The summed E-state index contributed by atoms with van der Waals surface area (Å²) in [5.41, 5.74) is -0.775. The summed E-state index contributed by atoms with van der Waals surface area (Å²) in [6, 6.07) is 3.75. The molecule has 1 atom stereocenters. The van der Waals surface area contributed by atoms with Crippen molar-refractivity contribution < 1.29 is 13.9 Å². The first kappa shape index (κ1) is 15.4. The monoisotopic (exact) mass is 283 g/mol. The predicted molar refractivity (Wildman–Crippen MR) is 75.4 cm³/mol. The van der Waals surface area contributed by atoms with E-state index in [-0.39, 0.29) is 5.56 Å². The van der Waals surface area contributed by atoms with E-state index in [2.05, 4.69) is 4.90 Å². The van der Waals surface area contributed by atoms with Crippen molar-refractivity contribution in [3.63, 3.8) is 0 Å². The molecule has 1 aliphatic rings. The lowest BCUT2D eigenvalue weighted by Crippen LogP contribution is -2.51. The Morgan fingerprint density at radius 3 is 2.10 bits per heavy atom. The molecule has 0 spiro atoms.